The van der Waals surface area contributed by atoms with E-state index < -0.39 is 5.82 Å². The Balaban J connectivity index is 1.85. The normalized spacial score (nSPS) is 32.5. The van der Waals surface area contributed by atoms with E-state index in [1.54, 1.807) is 0 Å². The molecule has 3 rings (SSSR count). The molecule has 1 heterocycles. The molecule has 1 amide bonds. The standard InChI is InChI=1S/C12H13ClFN4O/c13-12-16-4-7(14)11(18-12)17-9-6-2-1-5(3-6)8(9)10(15)19/h2,4-6,8-9H,1,3H2,(H2,15,19)(H,16,17,18)/t5-,6-,8-,9+/m0/s1. The highest BCUT2D eigenvalue weighted by molar-refractivity contribution is 6.28. The summed E-state index contributed by atoms with van der Waals surface area (Å²) in [6.07, 6.45) is 4.96. The molecule has 0 unspecified atom stereocenters. The zero-order valence-electron chi connectivity index (χ0n) is 10.0. The van der Waals surface area contributed by atoms with Crippen LogP contribution >= 0.6 is 11.6 Å². The summed E-state index contributed by atoms with van der Waals surface area (Å²) in [6, 6.07) is -0.211. The van der Waals surface area contributed by atoms with Crippen molar-refractivity contribution in [1.29, 1.82) is 0 Å². The highest BCUT2D eigenvalue weighted by atomic mass is 35.5. The number of halogens is 2. The van der Waals surface area contributed by atoms with Crippen LogP contribution in [0.3, 0.4) is 0 Å². The minimum Gasteiger partial charge on any atom is -0.369 e. The van der Waals surface area contributed by atoms with Gasteiger partial charge in [0.25, 0.3) is 0 Å². The molecule has 0 aromatic carbocycles. The Kier molecular flexibility index (Phi) is 3.05. The van der Waals surface area contributed by atoms with Crippen LogP contribution < -0.4 is 11.1 Å². The molecule has 1 radical (unpaired) electrons. The van der Waals surface area contributed by atoms with Crippen molar-refractivity contribution in [2.45, 2.75) is 18.9 Å². The lowest BCUT2D eigenvalue weighted by molar-refractivity contribution is -0.123. The number of nitrogens with one attached hydrogen (secondary N) is 1. The molecule has 0 spiro atoms. The van der Waals surface area contributed by atoms with E-state index >= 15 is 0 Å². The van der Waals surface area contributed by atoms with Crippen molar-refractivity contribution in [2.75, 3.05) is 5.32 Å². The molecular formula is C12H13ClFN4O. The monoisotopic (exact) mass is 283 g/mol. The van der Waals surface area contributed by atoms with Gasteiger partial charge in [-0.25, -0.2) is 9.37 Å². The summed E-state index contributed by atoms with van der Waals surface area (Å²) in [5.74, 6) is -0.731. The first-order chi connectivity index (χ1) is 9.06. The van der Waals surface area contributed by atoms with Crippen molar-refractivity contribution in [3.05, 3.63) is 23.7 Å². The van der Waals surface area contributed by atoms with Crippen molar-refractivity contribution in [3.63, 3.8) is 0 Å². The SMILES string of the molecule is NC(=O)[C@H]1[C@H]2C[CH][C@@H](C2)[C@H]1Nc1nc(Cl)ncc1F. The van der Waals surface area contributed by atoms with E-state index in [1.807, 2.05) is 0 Å². The first-order valence-corrected chi connectivity index (χ1v) is 6.51. The van der Waals surface area contributed by atoms with Crippen molar-refractivity contribution in [2.24, 2.45) is 23.5 Å². The molecule has 4 atom stereocenters. The molecule has 19 heavy (non-hydrogen) atoms. The second-order valence-electron chi connectivity index (χ2n) is 5.06. The van der Waals surface area contributed by atoms with Crippen LogP contribution in [0, 0.1) is 30.0 Å². The minimum absolute atomic E-state index is 0.0252. The van der Waals surface area contributed by atoms with E-state index in [9.17, 15) is 9.18 Å². The number of amides is 1. The number of carbonyl (C=O) groups excluding carboxylic acids is 1. The quantitative estimate of drug-likeness (QED) is 0.822. The number of primary amides is 1. The number of rotatable bonds is 3. The van der Waals surface area contributed by atoms with Gasteiger partial charge in [0.05, 0.1) is 12.1 Å². The maximum Gasteiger partial charge on any atom is 0.224 e. The van der Waals surface area contributed by atoms with Gasteiger partial charge in [-0.1, -0.05) is 0 Å². The van der Waals surface area contributed by atoms with Gasteiger partial charge in [-0.2, -0.15) is 4.98 Å². The molecule has 2 fully saturated rings. The Morgan fingerprint density at radius 2 is 2.37 bits per heavy atom. The third-order valence-corrected chi connectivity index (χ3v) is 4.20. The fourth-order valence-corrected chi connectivity index (χ4v) is 3.38. The Hall–Kier alpha value is -1.43. The van der Waals surface area contributed by atoms with Gasteiger partial charge in [0.1, 0.15) is 0 Å². The summed E-state index contributed by atoms with van der Waals surface area (Å²) in [4.78, 5) is 18.9. The zero-order chi connectivity index (χ0) is 13.6. The van der Waals surface area contributed by atoms with Crippen LogP contribution in [0.15, 0.2) is 6.20 Å². The largest absolute Gasteiger partial charge is 0.369 e. The zero-order valence-corrected chi connectivity index (χ0v) is 10.8. The van der Waals surface area contributed by atoms with Gasteiger partial charge in [-0.3, -0.25) is 4.79 Å². The van der Waals surface area contributed by atoms with E-state index in [1.165, 1.54) is 0 Å². The van der Waals surface area contributed by atoms with Gasteiger partial charge >= 0.3 is 0 Å². The molecule has 101 valence electrons. The van der Waals surface area contributed by atoms with Gasteiger partial charge < -0.3 is 11.1 Å². The number of hydrogen-bond donors (Lipinski definition) is 2. The fourth-order valence-electron chi connectivity index (χ4n) is 3.25. The van der Waals surface area contributed by atoms with Gasteiger partial charge in [0, 0.05) is 6.04 Å². The fraction of sp³-hybridized carbons (Fsp3) is 0.500. The molecule has 7 heteroatoms. The van der Waals surface area contributed by atoms with E-state index in [0.29, 0.717) is 0 Å². The second kappa shape index (κ2) is 4.59. The van der Waals surface area contributed by atoms with Crippen molar-refractivity contribution >= 4 is 23.3 Å². The van der Waals surface area contributed by atoms with Crippen molar-refractivity contribution < 1.29 is 9.18 Å². The summed E-state index contributed by atoms with van der Waals surface area (Å²) in [7, 11) is 0. The topological polar surface area (TPSA) is 80.9 Å². The summed E-state index contributed by atoms with van der Waals surface area (Å²) >= 11 is 5.65. The number of aromatic nitrogens is 2. The number of nitrogens with zero attached hydrogens (tertiary/aromatic N) is 2. The van der Waals surface area contributed by atoms with E-state index in [2.05, 4.69) is 21.7 Å². The first kappa shape index (κ1) is 12.6. The number of hydrogen-bond acceptors (Lipinski definition) is 4. The van der Waals surface area contributed by atoms with Crippen LogP contribution in [0.1, 0.15) is 12.8 Å². The Morgan fingerprint density at radius 1 is 1.58 bits per heavy atom. The van der Waals surface area contributed by atoms with Crippen LogP contribution in [0.2, 0.25) is 5.28 Å². The second-order valence-corrected chi connectivity index (χ2v) is 5.40. The molecule has 0 saturated heterocycles. The maximum absolute atomic E-state index is 13.6. The van der Waals surface area contributed by atoms with E-state index in [-0.39, 0.29) is 40.8 Å². The Labute approximate surface area is 114 Å². The smallest absolute Gasteiger partial charge is 0.224 e. The Morgan fingerprint density at radius 3 is 3.11 bits per heavy atom. The minimum atomic E-state index is -0.588. The van der Waals surface area contributed by atoms with Crippen LogP contribution in [0.5, 0.6) is 0 Å². The van der Waals surface area contributed by atoms with Crippen molar-refractivity contribution in [1.82, 2.24) is 9.97 Å². The summed E-state index contributed by atoms with van der Waals surface area (Å²) in [5, 5.41) is 2.93. The van der Waals surface area contributed by atoms with Gasteiger partial charge in [0.15, 0.2) is 11.6 Å². The van der Waals surface area contributed by atoms with Crippen LogP contribution in [0.4, 0.5) is 10.2 Å². The third kappa shape index (κ3) is 2.14. The van der Waals surface area contributed by atoms with E-state index in [4.69, 9.17) is 17.3 Å². The highest BCUT2D eigenvalue weighted by Crippen LogP contribution is 2.48. The predicted molar refractivity (Wildman–Crippen MR) is 67.6 cm³/mol. The molecule has 1 aromatic heterocycles. The number of anilines is 1. The number of nitrogens with two attached hydrogens (primary N) is 1. The summed E-state index contributed by atoms with van der Waals surface area (Å²) in [5.41, 5.74) is 5.45. The van der Waals surface area contributed by atoms with E-state index in [0.717, 1.165) is 19.0 Å². The first-order valence-electron chi connectivity index (χ1n) is 6.13. The van der Waals surface area contributed by atoms with Crippen LogP contribution in [-0.2, 0) is 4.79 Å². The number of carbonyl (C=O) groups is 1. The average Bonchev–Trinajstić information content (AvgIpc) is 2.94. The van der Waals surface area contributed by atoms with Gasteiger partial charge in [-0.05, 0) is 42.7 Å². The molecular weight excluding hydrogens is 271 g/mol. The molecule has 3 N–H and O–H groups in total. The molecule has 5 nitrogen and oxygen atoms in total. The summed E-state index contributed by atoms with van der Waals surface area (Å²) in [6.45, 7) is 0. The number of fused-ring (bicyclic) bond motifs is 2. The molecule has 2 aliphatic rings. The van der Waals surface area contributed by atoms with Gasteiger partial charge in [0.2, 0.25) is 11.2 Å². The predicted octanol–water partition coefficient (Wildman–Crippen LogP) is 1.40. The molecule has 2 bridgehead atoms. The lowest BCUT2D eigenvalue weighted by Crippen LogP contribution is -2.42. The highest BCUT2D eigenvalue weighted by Gasteiger charge is 2.50. The lowest BCUT2D eigenvalue weighted by atomic mass is 9.84. The van der Waals surface area contributed by atoms with Crippen LogP contribution in [0.25, 0.3) is 0 Å². The molecule has 0 aliphatic heterocycles. The molecule has 2 aliphatic carbocycles. The third-order valence-electron chi connectivity index (χ3n) is 4.02. The average molecular weight is 284 g/mol. The maximum atomic E-state index is 13.6. The Bertz CT molecular complexity index is 526. The van der Waals surface area contributed by atoms with Gasteiger partial charge in [-0.15, -0.1) is 0 Å². The van der Waals surface area contributed by atoms with Crippen LogP contribution in [-0.4, -0.2) is 21.9 Å². The molecule has 1 aromatic rings. The lowest BCUT2D eigenvalue weighted by Gasteiger charge is -2.29. The summed E-state index contributed by atoms with van der Waals surface area (Å²) < 4.78 is 13.6. The van der Waals surface area contributed by atoms with Crippen molar-refractivity contribution in [3.8, 4) is 0 Å². The molecule has 2 saturated carbocycles.